The molecule has 2 N–H and O–H groups in total. The number of amides is 1. The topological polar surface area (TPSA) is 78.5 Å². The van der Waals surface area contributed by atoms with Crippen LogP contribution in [0.2, 0.25) is 5.02 Å². The van der Waals surface area contributed by atoms with Gasteiger partial charge in [-0.15, -0.1) is 0 Å². The summed E-state index contributed by atoms with van der Waals surface area (Å²) in [6.45, 7) is 4.55. The van der Waals surface area contributed by atoms with E-state index in [1.54, 1.807) is 48.5 Å². The molecule has 3 aromatic rings. The third-order valence-electron chi connectivity index (χ3n) is 5.95. The highest BCUT2D eigenvalue weighted by molar-refractivity contribution is 7.92. The van der Waals surface area contributed by atoms with Crippen LogP contribution >= 0.6 is 11.6 Å². The molecule has 0 saturated carbocycles. The van der Waals surface area contributed by atoms with Crippen molar-refractivity contribution in [3.63, 3.8) is 0 Å². The number of nitrogens with one attached hydrogen (secondary N) is 2. The van der Waals surface area contributed by atoms with Crippen LogP contribution in [-0.2, 0) is 16.6 Å². The quantitative estimate of drug-likeness (QED) is 0.489. The summed E-state index contributed by atoms with van der Waals surface area (Å²) in [6.07, 6.45) is 1.72. The second-order valence-corrected chi connectivity index (χ2v) is 10.8. The van der Waals surface area contributed by atoms with Crippen LogP contribution in [0.25, 0.3) is 0 Å². The van der Waals surface area contributed by atoms with Gasteiger partial charge < -0.3 is 5.32 Å². The van der Waals surface area contributed by atoms with E-state index >= 15 is 0 Å². The Morgan fingerprint density at radius 3 is 2.35 bits per heavy atom. The fourth-order valence-electron chi connectivity index (χ4n) is 4.01. The number of nitrogens with zero attached hydrogens (tertiary/aromatic N) is 1. The average molecular weight is 498 g/mol. The van der Waals surface area contributed by atoms with Crippen LogP contribution in [-0.4, -0.2) is 38.4 Å². The zero-order valence-corrected chi connectivity index (χ0v) is 20.6. The maximum Gasteiger partial charge on any atom is 0.261 e. The molecular formula is C26H28ClN3O3S. The Hall–Kier alpha value is -2.87. The Labute approximate surface area is 206 Å². The van der Waals surface area contributed by atoms with Gasteiger partial charge in [-0.05, 0) is 67.8 Å². The predicted octanol–water partition coefficient (Wildman–Crippen LogP) is 4.84. The van der Waals surface area contributed by atoms with Gasteiger partial charge in [-0.25, -0.2) is 8.42 Å². The lowest BCUT2D eigenvalue weighted by molar-refractivity contribution is 0.0909. The zero-order valence-electron chi connectivity index (χ0n) is 19.0. The van der Waals surface area contributed by atoms with E-state index in [-0.39, 0.29) is 16.8 Å². The molecule has 8 heteroatoms. The smallest absolute Gasteiger partial charge is 0.261 e. The van der Waals surface area contributed by atoms with Gasteiger partial charge in [0.05, 0.1) is 4.90 Å². The highest BCUT2D eigenvalue weighted by Gasteiger charge is 2.22. The van der Waals surface area contributed by atoms with E-state index in [1.807, 2.05) is 31.2 Å². The lowest BCUT2D eigenvalue weighted by Crippen LogP contribution is -2.44. The number of anilines is 1. The van der Waals surface area contributed by atoms with Gasteiger partial charge >= 0.3 is 0 Å². The Kier molecular flexibility index (Phi) is 7.56. The summed E-state index contributed by atoms with van der Waals surface area (Å²) < 4.78 is 27.9. The first-order valence-corrected chi connectivity index (χ1v) is 13.1. The molecule has 1 aliphatic rings. The predicted molar refractivity (Wildman–Crippen MR) is 136 cm³/mol. The Morgan fingerprint density at radius 2 is 1.68 bits per heavy atom. The van der Waals surface area contributed by atoms with Gasteiger partial charge in [0, 0.05) is 41.9 Å². The van der Waals surface area contributed by atoms with Crippen molar-refractivity contribution in [3.05, 3.63) is 94.5 Å². The van der Waals surface area contributed by atoms with Gasteiger partial charge in [-0.3, -0.25) is 14.4 Å². The number of carbonyl (C=O) groups excluding carboxylic acids is 1. The van der Waals surface area contributed by atoms with Crippen molar-refractivity contribution in [2.24, 2.45) is 0 Å². The molecule has 0 radical (unpaired) electrons. The highest BCUT2D eigenvalue weighted by Crippen LogP contribution is 2.19. The summed E-state index contributed by atoms with van der Waals surface area (Å²) >= 11 is 5.96. The molecule has 0 bridgehead atoms. The largest absolute Gasteiger partial charge is 0.349 e. The molecule has 1 fully saturated rings. The molecule has 1 aliphatic heterocycles. The molecule has 0 aliphatic carbocycles. The number of aryl methyl sites for hydroxylation is 1. The minimum absolute atomic E-state index is 0.0851. The summed E-state index contributed by atoms with van der Waals surface area (Å²) in [4.78, 5) is 15.4. The number of halogens is 1. The number of hydrogen-bond donors (Lipinski definition) is 2. The van der Waals surface area contributed by atoms with Gasteiger partial charge in [-0.1, -0.05) is 47.5 Å². The second kappa shape index (κ2) is 10.6. The summed E-state index contributed by atoms with van der Waals surface area (Å²) in [5, 5.41) is 3.83. The van der Waals surface area contributed by atoms with Crippen LogP contribution in [0.3, 0.4) is 0 Å². The Bertz CT molecular complexity index is 1240. The number of hydrogen-bond acceptors (Lipinski definition) is 4. The molecule has 6 nitrogen and oxygen atoms in total. The fraction of sp³-hybridized carbons (Fsp3) is 0.269. The molecule has 0 unspecified atom stereocenters. The van der Waals surface area contributed by atoms with Crippen LogP contribution < -0.4 is 10.0 Å². The van der Waals surface area contributed by atoms with Crippen LogP contribution in [0.1, 0.15) is 34.3 Å². The lowest BCUT2D eigenvalue weighted by Gasteiger charge is -2.32. The molecule has 178 valence electrons. The van der Waals surface area contributed by atoms with E-state index in [0.717, 1.165) is 43.1 Å². The summed E-state index contributed by atoms with van der Waals surface area (Å²) in [7, 11) is -3.73. The molecule has 0 spiro atoms. The number of likely N-dealkylation sites (tertiary alicyclic amines) is 1. The monoisotopic (exact) mass is 497 g/mol. The van der Waals surface area contributed by atoms with Crippen LogP contribution in [0.15, 0.2) is 77.7 Å². The van der Waals surface area contributed by atoms with Crippen molar-refractivity contribution >= 4 is 33.2 Å². The van der Waals surface area contributed by atoms with Gasteiger partial charge in [0.1, 0.15) is 0 Å². The average Bonchev–Trinajstić information content (AvgIpc) is 2.82. The third kappa shape index (κ3) is 6.38. The molecule has 3 aromatic carbocycles. The number of sulfonamides is 1. The van der Waals surface area contributed by atoms with Crippen molar-refractivity contribution in [2.75, 3.05) is 17.8 Å². The molecule has 1 saturated heterocycles. The van der Waals surface area contributed by atoms with Crippen molar-refractivity contribution in [2.45, 2.75) is 37.2 Å². The van der Waals surface area contributed by atoms with Crippen LogP contribution in [0, 0.1) is 6.92 Å². The van der Waals surface area contributed by atoms with E-state index in [9.17, 15) is 13.2 Å². The summed E-state index contributed by atoms with van der Waals surface area (Å²) in [5.41, 5.74) is 2.98. The van der Waals surface area contributed by atoms with Crippen molar-refractivity contribution in [1.29, 1.82) is 0 Å². The van der Waals surface area contributed by atoms with Crippen LogP contribution in [0.5, 0.6) is 0 Å². The van der Waals surface area contributed by atoms with E-state index in [2.05, 4.69) is 14.9 Å². The van der Waals surface area contributed by atoms with Crippen molar-refractivity contribution in [3.8, 4) is 0 Å². The minimum Gasteiger partial charge on any atom is -0.349 e. The lowest BCUT2D eigenvalue weighted by atomic mass is 10.0. The Morgan fingerprint density at radius 1 is 1.00 bits per heavy atom. The number of carbonyl (C=O) groups is 1. The van der Waals surface area contributed by atoms with Gasteiger partial charge in [-0.2, -0.15) is 0 Å². The first kappa shape index (κ1) is 24.3. The first-order valence-electron chi connectivity index (χ1n) is 11.3. The van der Waals surface area contributed by atoms with Crippen molar-refractivity contribution in [1.82, 2.24) is 10.2 Å². The molecular weight excluding hydrogens is 470 g/mol. The zero-order chi connectivity index (χ0) is 24.1. The molecule has 0 aromatic heterocycles. The minimum atomic E-state index is -3.73. The van der Waals surface area contributed by atoms with Crippen molar-refractivity contribution < 1.29 is 13.2 Å². The first-order chi connectivity index (χ1) is 16.3. The molecule has 4 rings (SSSR count). The second-order valence-electron chi connectivity index (χ2n) is 8.65. The number of benzene rings is 3. The highest BCUT2D eigenvalue weighted by atomic mass is 35.5. The molecule has 1 amide bonds. The fourth-order valence-corrected chi connectivity index (χ4v) is 5.18. The van der Waals surface area contributed by atoms with Crippen LogP contribution in [0.4, 0.5) is 5.69 Å². The number of rotatable bonds is 7. The summed E-state index contributed by atoms with van der Waals surface area (Å²) in [5.74, 6) is -0.201. The third-order valence-corrected chi connectivity index (χ3v) is 7.60. The number of piperidine rings is 1. The van der Waals surface area contributed by atoms with Gasteiger partial charge in [0.2, 0.25) is 0 Å². The molecule has 0 atom stereocenters. The maximum absolute atomic E-state index is 12.8. The van der Waals surface area contributed by atoms with E-state index < -0.39 is 10.0 Å². The van der Waals surface area contributed by atoms with Gasteiger partial charge in [0.25, 0.3) is 15.9 Å². The van der Waals surface area contributed by atoms with Gasteiger partial charge in [0.15, 0.2) is 0 Å². The van der Waals surface area contributed by atoms with E-state index in [1.165, 1.54) is 5.56 Å². The molecule has 1 heterocycles. The summed E-state index contributed by atoms with van der Waals surface area (Å²) in [6, 6.07) is 21.2. The van der Waals surface area contributed by atoms with E-state index in [0.29, 0.717) is 11.3 Å². The maximum atomic E-state index is 12.8. The SMILES string of the molecule is Cc1ccc(S(=O)(=O)Nc2cccc(C(=O)NC3CCN(Cc4ccc(Cl)cc4)CC3)c2)cc1. The standard InChI is InChI=1S/C26H28ClN3O3S/c1-19-5-11-25(12-6-19)34(32,33)29-24-4-2-3-21(17-24)26(31)28-23-13-15-30(16-14-23)18-20-7-9-22(27)10-8-20/h2-12,17,23,29H,13-16,18H2,1H3,(H,28,31). The molecule has 34 heavy (non-hydrogen) atoms. The van der Waals surface area contributed by atoms with E-state index in [4.69, 9.17) is 11.6 Å². The normalized spacial score (nSPS) is 15.1. The Balaban J connectivity index is 1.32.